The Morgan fingerprint density at radius 3 is 2.36 bits per heavy atom. The molecule has 0 aliphatic carbocycles. The molecule has 0 bridgehead atoms. The Balaban J connectivity index is 2.10. The van der Waals surface area contributed by atoms with Crippen LogP contribution >= 0.6 is 15.9 Å². The summed E-state index contributed by atoms with van der Waals surface area (Å²) in [4.78, 5) is 0.185. The van der Waals surface area contributed by atoms with E-state index in [1.807, 2.05) is 6.07 Å². The summed E-state index contributed by atoms with van der Waals surface area (Å²) < 4.78 is 28.2. The van der Waals surface area contributed by atoms with Gasteiger partial charge in [0.1, 0.15) is 0 Å². The van der Waals surface area contributed by atoms with E-state index in [0.29, 0.717) is 0 Å². The lowest BCUT2D eigenvalue weighted by Crippen LogP contribution is -2.12. The van der Waals surface area contributed by atoms with Crippen LogP contribution in [-0.2, 0) is 21.2 Å². The van der Waals surface area contributed by atoms with Crippen LogP contribution in [0.3, 0.4) is 0 Å². The molecule has 1 rings (SSSR count). The van der Waals surface area contributed by atoms with Crippen LogP contribution in [0.5, 0.6) is 0 Å². The van der Waals surface area contributed by atoms with E-state index in [2.05, 4.69) is 15.9 Å². The highest BCUT2D eigenvalue weighted by atomic mass is 79.9. The topological polar surface area (TPSA) is 69.4 Å². The molecule has 0 amide bonds. The van der Waals surface area contributed by atoms with Crippen molar-refractivity contribution in [1.82, 2.24) is 0 Å². The molecule has 0 aromatic heterocycles. The van der Waals surface area contributed by atoms with Crippen molar-refractivity contribution in [1.29, 1.82) is 0 Å². The first-order chi connectivity index (χ1) is 10.5. The van der Waals surface area contributed by atoms with Gasteiger partial charge in [-0.3, -0.25) is 0 Å². The largest absolute Gasteiger partial charge is 0.381 e. The minimum absolute atomic E-state index is 0.185. The lowest BCUT2D eigenvalue weighted by molar-refractivity contribution is 0.126. The lowest BCUT2D eigenvalue weighted by atomic mass is 10.1. The highest BCUT2D eigenvalue weighted by Gasteiger charge is 2.07. The number of rotatable bonds is 12. The number of aryl methyl sites for hydroxylation is 1. The van der Waals surface area contributed by atoms with E-state index in [0.717, 1.165) is 49.8 Å². The number of sulfonamides is 1. The van der Waals surface area contributed by atoms with Crippen molar-refractivity contribution in [2.24, 2.45) is 5.14 Å². The van der Waals surface area contributed by atoms with Crippen LogP contribution in [0.2, 0.25) is 0 Å². The second-order valence-corrected chi connectivity index (χ2v) is 7.72. The fraction of sp³-hybridized carbons (Fsp3) is 0.625. The monoisotopic (exact) mass is 391 g/mol. The van der Waals surface area contributed by atoms with E-state index < -0.39 is 10.0 Å². The van der Waals surface area contributed by atoms with E-state index in [1.165, 1.54) is 25.3 Å². The molecule has 0 atom stereocenters. The van der Waals surface area contributed by atoms with E-state index in [9.17, 15) is 8.42 Å². The molecule has 0 aliphatic heterocycles. The van der Waals surface area contributed by atoms with Crippen LogP contribution in [0.4, 0.5) is 0 Å². The molecule has 0 aliphatic rings. The third-order valence-corrected chi connectivity index (χ3v) is 4.88. The summed E-state index contributed by atoms with van der Waals surface area (Å²) in [6.07, 6.45) is 7.67. The van der Waals surface area contributed by atoms with Gasteiger partial charge < -0.3 is 4.74 Å². The van der Waals surface area contributed by atoms with Gasteiger partial charge in [0.05, 0.1) is 4.90 Å². The van der Waals surface area contributed by atoms with Crippen LogP contribution in [0.15, 0.2) is 29.2 Å². The highest BCUT2D eigenvalue weighted by Crippen LogP contribution is 2.12. The maximum absolute atomic E-state index is 11.3. The zero-order chi connectivity index (χ0) is 16.3. The number of halogens is 1. The standard InChI is InChI=1S/C16H26BrNO3S/c17-11-4-1-2-5-12-21-13-6-3-8-15-9-7-10-16(14-15)22(18,19)20/h7,9-10,14H,1-6,8,11-13H2,(H2,18,19,20). The molecule has 0 saturated carbocycles. The fourth-order valence-electron chi connectivity index (χ4n) is 2.17. The van der Waals surface area contributed by atoms with Crippen molar-refractivity contribution in [2.75, 3.05) is 18.5 Å². The van der Waals surface area contributed by atoms with Crippen molar-refractivity contribution >= 4 is 26.0 Å². The minimum atomic E-state index is -3.61. The number of alkyl halides is 1. The number of unbranched alkanes of at least 4 members (excludes halogenated alkanes) is 4. The summed E-state index contributed by atoms with van der Waals surface area (Å²) in [5, 5.41) is 6.21. The predicted octanol–water partition coefficient (Wildman–Crippen LogP) is 3.63. The molecule has 0 fully saturated rings. The van der Waals surface area contributed by atoms with Crippen molar-refractivity contribution in [3.8, 4) is 0 Å². The molecule has 22 heavy (non-hydrogen) atoms. The second kappa shape index (κ2) is 11.2. The third kappa shape index (κ3) is 8.88. The Morgan fingerprint density at radius 1 is 1.00 bits per heavy atom. The fourth-order valence-corrected chi connectivity index (χ4v) is 3.15. The van der Waals surface area contributed by atoms with Gasteiger partial charge in [0.2, 0.25) is 10.0 Å². The summed E-state index contributed by atoms with van der Waals surface area (Å²) in [6, 6.07) is 6.84. The molecule has 1 aromatic carbocycles. The van der Waals surface area contributed by atoms with Gasteiger partial charge in [-0.05, 0) is 49.8 Å². The van der Waals surface area contributed by atoms with Gasteiger partial charge >= 0.3 is 0 Å². The summed E-state index contributed by atoms with van der Waals surface area (Å²) in [6.45, 7) is 1.61. The molecule has 0 saturated heterocycles. The smallest absolute Gasteiger partial charge is 0.238 e. The molecular formula is C16H26BrNO3S. The van der Waals surface area contributed by atoms with E-state index >= 15 is 0 Å². The first-order valence-corrected chi connectivity index (χ1v) is 10.5. The van der Waals surface area contributed by atoms with Gasteiger partial charge in [0.25, 0.3) is 0 Å². The normalized spacial score (nSPS) is 11.7. The van der Waals surface area contributed by atoms with Gasteiger partial charge in [-0.25, -0.2) is 13.6 Å². The number of benzene rings is 1. The van der Waals surface area contributed by atoms with Gasteiger partial charge in [0.15, 0.2) is 0 Å². The Morgan fingerprint density at radius 2 is 1.68 bits per heavy atom. The highest BCUT2D eigenvalue weighted by molar-refractivity contribution is 9.09. The maximum atomic E-state index is 11.3. The lowest BCUT2D eigenvalue weighted by Gasteiger charge is -2.06. The molecule has 4 nitrogen and oxygen atoms in total. The van der Waals surface area contributed by atoms with E-state index in [-0.39, 0.29) is 4.90 Å². The van der Waals surface area contributed by atoms with Gasteiger partial charge in [-0.1, -0.05) is 40.9 Å². The Bertz CT molecular complexity index is 520. The quantitative estimate of drug-likeness (QED) is 0.436. The van der Waals surface area contributed by atoms with Crippen LogP contribution in [-0.4, -0.2) is 27.0 Å². The summed E-state index contributed by atoms with van der Waals surface area (Å²) in [5.41, 5.74) is 1.00. The SMILES string of the molecule is NS(=O)(=O)c1cccc(CCCCOCCCCCCBr)c1. The van der Waals surface area contributed by atoms with E-state index in [1.54, 1.807) is 12.1 Å². The molecule has 0 heterocycles. The Labute approximate surface area is 142 Å². The first kappa shape index (κ1) is 19.6. The van der Waals surface area contributed by atoms with Crippen molar-refractivity contribution < 1.29 is 13.2 Å². The molecule has 6 heteroatoms. The zero-order valence-corrected chi connectivity index (χ0v) is 15.4. The minimum Gasteiger partial charge on any atom is -0.381 e. The average Bonchev–Trinajstić information content (AvgIpc) is 2.49. The number of hydrogen-bond donors (Lipinski definition) is 1. The zero-order valence-electron chi connectivity index (χ0n) is 13.0. The molecule has 2 N–H and O–H groups in total. The molecule has 1 aromatic rings. The summed E-state index contributed by atoms with van der Waals surface area (Å²) in [7, 11) is -3.61. The van der Waals surface area contributed by atoms with Crippen molar-refractivity contribution in [2.45, 2.75) is 49.8 Å². The Hall–Kier alpha value is -0.430. The second-order valence-electron chi connectivity index (χ2n) is 5.37. The predicted molar refractivity (Wildman–Crippen MR) is 93.8 cm³/mol. The van der Waals surface area contributed by atoms with Crippen molar-refractivity contribution in [3.05, 3.63) is 29.8 Å². The van der Waals surface area contributed by atoms with Gasteiger partial charge in [-0.15, -0.1) is 0 Å². The summed E-state index contributed by atoms with van der Waals surface area (Å²) in [5.74, 6) is 0. The third-order valence-electron chi connectivity index (χ3n) is 3.40. The number of hydrogen-bond acceptors (Lipinski definition) is 3. The van der Waals surface area contributed by atoms with Gasteiger partial charge in [0, 0.05) is 18.5 Å². The molecule has 0 spiro atoms. The first-order valence-electron chi connectivity index (χ1n) is 7.79. The van der Waals surface area contributed by atoms with E-state index in [4.69, 9.17) is 9.88 Å². The van der Waals surface area contributed by atoms with Crippen molar-refractivity contribution in [3.63, 3.8) is 0 Å². The molecule has 0 unspecified atom stereocenters. The van der Waals surface area contributed by atoms with Crippen LogP contribution in [0.25, 0.3) is 0 Å². The number of nitrogens with two attached hydrogens (primary N) is 1. The number of primary sulfonamides is 1. The van der Waals surface area contributed by atoms with Gasteiger partial charge in [-0.2, -0.15) is 0 Å². The maximum Gasteiger partial charge on any atom is 0.238 e. The van der Waals surface area contributed by atoms with Crippen LogP contribution in [0, 0.1) is 0 Å². The molecule has 126 valence electrons. The number of ether oxygens (including phenoxy) is 1. The Kier molecular flexibility index (Phi) is 9.95. The average molecular weight is 392 g/mol. The summed E-state index contributed by atoms with van der Waals surface area (Å²) >= 11 is 3.42. The van der Waals surface area contributed by atoms with Crippen LogP contribution in [0.1, 0.15) is 44.1 Å². The van der Waals surface area contributed by atoms with Crippen LogP contribution < -0.4 is 5.14 Å². The molecular weight excluding hydrogens is 366 g/mol. The molecule has 0 radical (unpaired) electrons.